The van der Waals surface area contributed by atoms with E-state index in [4.69, 9.17) is 0 Å². The number of rotatable bonds is 10. The van der Waals surface area contributed by atoms with Crippen LogP contribution in [0.25, 0.3) is 0 Å². The maximum absolute atomic E-state index is 11.0. The highest BCUT2D eigenvalue weighted by Crippen LogP contribution is 2.19. The molecule has 1 aromatic rings. The summed E-state index contributed by atoms with van der Waals surface area (Å²) >= 11 is 0. The summed E-state index contributed by atoms with van der Waals surface area (Å²) in [6.07, 6.45) is 1.88. The van der Waals surface area contributed by atoms with Crippen molar-refractivity contribution in [3.63, 3.8) is 0 Å². The SMILES string of the molecule is CS(=O)(=O)OCCN(CCOS(C)(=O)=O)c1ccc(N=O)cc1. The summed E-state index contributed by atoms with van der Waals surface area (Å²) in [6.45, 7) is 0.166. The number of hydrogen-bond acceptors (Lipinski definition) is 9. The van der Waals surface area contributed by atoms with Gasteiger partial charge in [-0.2, -0.15) is 16.8 Å². The van der Waals surface area contributed by atoms with E-state index >= 15 is 0 Å². The fourth-order valence-corrected chi connectivity index (χ4v) is 2.45. The zero-order chi connectivity index (χ0) is 17.5. The number of nitrogens with zero attached hydrogens (tertiary/aromatic N) is 2. The van der Waals surface area contributed by atoms with Gasteiger partial charge in [-0.15, -0.1) is 4.91 Å². The van der Waals surface area contributed by atoms with Gasteiger partial charge in [0.05, 0.1) is 25.7 Å². The number of hydrogen-bond donors (Lipinski definition) is 0. The Morgan fingerprint density at radius 2 is 1.35 bits per heavy atom. The molecule has 0 aromatic heterocycles. The lowest BCUT2D eigenvalue weighted by Crippen LogP contribution is -2.32. The van der Waals surface area contributed by atoms with Crippen molar-refractivity contribution in [3.05, 3.63) is 29.2 Å². The van der Waals surface area contributed by atoms with Gasteiger partial charge in [0, 0.05) is 18.8 Å². The van der Waals surface area contributed by atoms with Crippen molar-refractivity contribution in [3.8, 4) is 0 Å². The van der Waals surface area contributed by atoms with Gasteiger partial charge in [-0.1, -0.05) is 0 Å². The van der Waals surface area contributed by atoms with Gasteiger partial charge < -0.3 is 4.90 Å². The Labute approximate surface area is 135 Å². The highest BCUT2D eigenvalue weighted by atomic mass is 32.2. The van der Waals surface area contributed by atoms with Crippen LogP contribution in [-0.2, 0) is 28.6 Å². The largest absolute Gasteiger partial charge is 0.367 e. The molecule has 130 valence electrons. The van der Waals surface area contributed by atoms with Crippen LogP contribution in [0.4, 0.5) is 11.4 Å². The van der Waals surface area contributed by atoms with E-state index in [0.717, 1.165) is 12.5 Å². The maximum atomic E-state index is 11.0. The van der Waals surface area contributed by atoms with Crippen molar-refractivity contribution < 1.29 is 25.2 Å². The van der Waals surface area contributed by atoms with Gasteiger partial charge in [0.15, 0.2) is 0 Å². The summed E-state index contributed by atoms with van der Waals surface area (Å²) < 4.78 is 53.3. The van der Waals surface area contributed by atoms with Crippen LogP contribution < -0.4 is 4.90 Å². The molecule has 0 radical (unpaired) electrons. The van der Waals surface area contributed by atoms with Gasteiger partial charge in [-0.3, -0.25) is 8.37 Å². The Morgan fingerprint density at radius 3 is 1.70 bits per heavy atom. The summed E-state index contributed by atoms with van der Waals surface area (Å²) in [5.41, 5.74) is 0.889. The molecule has 0 amide bonds. The Kier molecular flexibility index (Phi) is 7.06. The lowest BCUT2D eigenvalue weighted by molar-refractivity contribution is 0.309. The molecule has 1 aromatic carbocycles. The van der Waals surface area contributed by atoms with Gasteiger partial charge >= 0.3 is 0 Å². The summed E-state index contributed by atoms with van der Waals surface area (Å²) in [7, 11) is -7.13. The normalized spacial score (nSPS) is 12.1. The Morgan fingerprint density at radius 1 is 0.913 bits per heavy atom. The highest BCUT2D eigenvalue weighted by Gasteiger charge is 2.11. The lowest BCUT2D eigenvalue weighted by Gasteiger charge is -2.24. The van der Waals surface area contributed by atoms with Crippen LogP contribution in [-0.4, -0.2) is 55.7 Å². The molecule has 0 aliphatic carbocycles. The predicted molar refractivity (Wildman–Crippen MR) is 85.7 cm³/mol. The third kappa shape index (κ3) is 8.59. The third-order valence-corrected chi connectivity index (χ3v) is 3.83. The molecule has 11 heteroatoms. The van der Waals surface area contributed by atoms with Crippen molar-refractivity contribution in [2.24, 2.45) is 5.18 Å². The molecule has 0 saturated heterocycles. The smallest absolute Gasteiger partial charge is 0.264 e. The van der Waals surface area contributed by atoms with Crippen molar-refractivity contribution in [1.29, 1.82) is 0 Å². The van der Waals surface area contributed by atoms with Crippen molar-refractivity contribution >= 4 is 31.6 Å². The molecule has 0 aliphatic rings. The molecule has 0 fully saturated rings. The molecule has 0 N–H and O–H groups in total. The fourth-order valence-electron chi connectivity index (χ4n) is 1.69. The zero-order valence-electron chi connectivity index (χ0n) is 12.7. The third-order valence-electron chi connectivity index (χ3n) is 2.64. The van der Waals surface area contributed by atoms with E-state index in [-0.39, 0.29) is 32.0 Å². The first-order chi connectivity index (χ1) is 10.6. The second-order valence-electron chi connectivity index (χ2n) is 4.65. The van der Waals surface area contributed by atoms with E-state index in [1.807, 2.05) is 0 Å². The molecule has 0 aliphatic heterocycles. The fraction of sp³-hybridized carbons (Fsp3) is 0.500. The molecular formula is C12H18N2O7S2. The molecule has 9 nitrogen and oxygen atoms in total. The standard InChI is InChI=1S/C12H18N2O7S2/c1-22(16,17)20-9-7-14(8-10-21-23(2,18)19)12-5-3-11(13-15)4-6-12/h3-6H,7-10H2,1-2H3. The second kappa shape index (κ2) is 8.34. The van der Waals surface area contributed by atoms with E-state index in [0.29, 0.717) is 5.69 Å². The average Bonchev–Trinajstić information content (AvgIpc) is 2.43. The van der Waals surface area contributed by atoms with E-state index in [1.165, 1.54) is 12.1 Å². The van der Waals surface area contributed by atoms with Crippen molar-refractivity contribution in [2.45, 2.75) is 0 Å². The molecule has 1 rings (SSSR count). The van der Waals surface area contributed by atoms with Crippen LogP contribution in [0.5, 0.6) is 0 Å². The molecule has 0 unspecified atom stereocenters. The van der Waals surface area contributed by atoms with Crippen LogP contribution >= 0.6 is 0 Å². The molecular weight excluding hydrogens is 348 g/mol. The molecule has 0 heterocycles. The van der Waals surface area contributed by atoms with E-state index in [2.05, 4.69) is 13.5 Å². The Bertz CT molecular complexity index is 676. The van der Waals surface area contributed by atoms with Crippen LogP contribution in [0, 0.1) is 4.91 Å². The Balaban J connectivity index is 2.75. The molecule has 23 heavy (non-hydrogen) atoms. The first kappa shape index (κ1) is 19.5. The monoisotopic (exact) mass is 366 g/mol. The van der Waals surface area contributed by atoms with Gasteiger partial charge in [0.1, 0.15) is 5.69 Å². The molecule has 0 atom stereocenters. The Hall–Kier alpha value is -1.56. The van der Waals surface area contributed by atoms with E-state index in [1.54, 1.807) is 17.0 Å². The van der Waals surface area contributed by atoms with Gasteiger partial charge in [0.2, 0.25) is 0 Å². The van der Waals surface area contributed by atoms with E-state index in [9.17, 15) is 21.7 Å². The number of benzene rings is 1. The second-order valence-corrected chi connectivity index (χ2v) is 7.93. The molecule has 0 spiro atoms. The highest BCUT2D eigenvalue weighted by molar-refractivity contribution is 7.86. The van der Waals surface area contributed by atoms with Crippen molar-refractivity contribution in [2.75, 3.05) is 43.7 Å². The summed E-state index contributed by atoms with van der Waals surface area (Å²) in [6, 6.07) is 6.20. The number of nitroso groups, excluding NO2 is 1. The minimum absolute atomic E-state index is 0.106. The number of anilines is 1. The van der Waals surface area contributed by atoms with Crippen molar-refractivity contribution in [1.82, 2.24) is 0 Å². The van der Waals surface area contributed by atoms with Gasteiger partial charge in [0.25, 0.3) is 20.2 Å². The molecule has 0 saturated carbocycles. The first-order valence-electron chi connectivity index (χ1n) is 6.48. The predicted octanol–water partition coefficient (Wildman–Crippen LogP) is 0.843. The zero-order valence-corrected chi connectivity index (χ0v) is 14.3. The first-order valence-corrected chi connectivity index (χ1v) is 10.1. The van der Waals surface area contributed by atoms with Crippen LogP contribution in [0.2, 0.25) is 0 Å². The summed E-state index contributed by atoms with van der Waals surface area (Å²) in [5.74, 6) is 0. The van der Waals surface area contributed by atoms with Crippen LogP contribution in [0.15, 0.2) is 29.4 Å². The minimum Gasteiger partial charge on any atom is -0.367 e. The maximum Gasteiger partial charge on any atom is 0.264 e. The van der Waals surface area contributed by atoms with Gasteiger partial charge in [-0.05, 0) is 29.4 Å². The molecule has 0 bridgehead atoms. The minimum atomic E-state index is -3.57. The van der Waals surface area contributed by atoms with Gasteiger partial charge in [-0.25, -0.2) is 0 Å². The topological polar surface area (TPSA) is 119 Å². The van der Waals surface area contributed by atoms with Crippen LogP contribution in [0.3, 0.4) is 0 Å². The summed E-state index contributed by atoms with van der Waals surface area (Å²) in [4.78, 5) is 12.1. The quantitative estimate of drug-likeness (QED) is 0.441. The van der Waals surface area contributed by atoms with Crippen LogP contribution in [0.1, 0.15) is 0 Å². The average molecular weight is 366 g/mol. The van der Waals surface area contributed by atoms with E-state index < -0.39 is 20.2 Å². The lowest BCUT2D eigenvalue weighted by atomic mass is 10.2. The summed E-state index contributed by atoms with van der Waals surface area (Å²) in [5, 5.41) is 2.78.